The summed E-state index contributed by atoms with van der Waals surface area (Å²) in [6.45, 7) is 1.63. The average Bonchev–Trinajstić information content (AvgIpc) is 1.84. The van der Waals surface area contributed by atoms with Crippen LogP contribution in [0.2, 0.25) is 0 Å². The fourth-order valence-electron chi connectivity index (χ4n) is 0.262. The largest absolute Gasteiger partial charge is 0.467 e. The number of rotatable bonds is 2. The van der Waals surface area contributed by atoms with Gasteiger partial charge in [-0.1, -0.05) is 0 Å². The van der Waals surface area contributed by atoms with E-state index in [1.165, 1.54) is 14.2 Å². The maximum absolute atomic E-state index is 10.4. The van der Waals surface area contributed by atoms with Crippen molar-refractivity contribution in [1.29, 1.82) is 0 Å². The van der Waals surface area contributed by atoms with Crippen molar-refractivity contribution in [2.45, 2.75) is 13.0 Å². The second-order valence-corrected chi connectivity index (χ2v) is 1.40. The minimum Gasteiger partial charge on any atom is -0.467 e. The number of esters is 1. The van der Waals surface area contributed by atoms with Gasteiger partial charge in [0.05, 0.1) is 7.11 Å². The van der Waals surface area contributed by atoms with Gasteiger partial charge >= 0.3 is 5.97 Å². The highest BCUT2D eigenvalue weighted by Crippen LogP contribution is 1.88. The van der Waals surface area contributed by atoms with E-state index in [9.17, 15) is 4.79 Å². The summed E-state index contributed by atoms with van der Waals surface area (Å²) in [6, 6.07) is 0. The Bertz CT molecular complexity index is 84.3. The fourth-order valence-corrected chi connectivity index (χ4v) is 0.262. The van der Waals surface area contributed by atoms with Gasteiger partial charge in [0.2, 0.25) is 0 Å². The quantitative estimate of drug-likeness (QED) is 0.547. The molecule has 0 amide bonds. The lowest BCUT2D eigenvalue weighted by Crippen LogP contribution is -2.19. The predicted molar refractivity (Wildman–Crippen MR) is 35.7 cm³/mol. The van der Waals surface area contributed by atoms with Crippen LogP contribution in [-0.4, -0.2) is 26.3 Å². The Labute approximate surface area is 60.7 Å². The highest BCUT2D eigenvalue weighted by molar-refractivity contribution is 5.85. The van der Waals surface area contributed by atoms with Gasteiger partial charge in [-0.3, -0.25) is 0 Å². The Balaban J connectivity index is 0. The first-order valence-corrected chi connectivity index (χ1v) is 2.33. The lowest BCUT2D eigenvalue weighted by atomic mass is 10.4. The average molecular weight is 155 g/mol. The first-order valence-electron chi connectivity index (χ1n) is 2.33. The molecule has 0 bridgehead atoms. The normalized spacial score (nSPS) is 11.4. The van der Waals surface area contributed by atoms with Gasteiger partial charge in [-0.2, -0.15) is 0 Å². The number of methoxy groups -OCH3 is 2. The SMILES string of the molecule is COC(=O)C(C)OC.Cl. The smallest absolute Gasteiger partial charge is 0.334 e. The number of carbonyl (C=O) groups excluding carboxylic acids is 1. The summed E-state index contributed by atoms with van der Waals surface area (Å²) in [7, 11) is 2.79. The van der Waals surface area contributed by atoms with Crippen LogP contribution in [0.5, 0.6) is 0 Å². The van der Waals surface area contributed by atoms with E-state index in [1.807, 2.05) is 0 Å². The number of ether oxygens (including phenoxy) is 2. The molecule has 0 rings (SSSR count). The summed E-state index contributed by atoms with van der Waals surface area (Å²) < 4.78 is 8.97. The molecule has 3 nitrogen and oxygen atoms in total. The molecule has 0 fully saturated rings. The van der Waals surface area contributed by atoms with Gasteiger partial charge in [-0.25, -0.2) is 4.79 Å². The molecule has 4 heteroatoms. The van der Waals surface area contributed by atoms with Crippen molar-refractivity contribution in [3.05, 3.63) is 0 Å². The summed E-state index contributed by atoms with van der Waals surface area (Å²) in [5, 5.41) is 0. The summed E-state index contributed by atoms with van der Waals surface area (Å²) in [4.78, 5) is 10.4. The summed E-state index contributed by atoms with van der Waals surface area (Å²) >= 11 is 0. The zero-order valence-corrected chi connectivity index (χ0v) is 6.53. The van der Waals surface area contributed by atoms with Crippen molar-refractivity contribution >= 4 is 18.4 Å². The maximum Gasteiger partial charge on any atom is 0.334 e. The van der Waals surface area contributed by atoms with E-state index in [4.69, 9.17) is 0 Å². The van der Waals surface area contributed by atoms with E-state index < -0.39 is 6.10 Å². The molecule has 0 aliphatic carbocycles. The highest BCUT2D eigenvalue weighted by Gasteiger charge is 2.09. The molecule has 0 heterocycles. The monoisotopic (exact) mass is 154 g/mol. The van der Waals surface area contributed by atoms with Crippen LogP contribution in [0.4, 0.5) is 0 Å². The van der Waals surface area contributed by atoms with Crippen LogP contribution < -0.4 is 0 Å². The zero-order valence-electron chi connectivity index (χ0n) is 5.71. The van der Waals surface area contributed by atoms with Gasteiger partial charge < -0.3 is 9.47 Å². The standard InChI is InChI=1S/C5H10O3.ClH/c1-4(7-2)5(6)8-3;/h4H,1-3H3;1H. The van der Waals surface area contributed by atoms with Gasteiger partial charge in [0, 0.05) is 7.11 Å². The van der Waals surface area contributed by atoms with Crippen LogP contribution in [0.1, 0.15) is 6.92 Å². The van der Waals surface area contributed by atoms with Crippen LogP contribution in [0.25, 0.3) is 0 Å². The van der Waals surface area contributed by atoms with E-state index in [0.29, 0.717) is 0 Å². The fraction of sp³-hybridized carbons (Fsp3) is 0.800. The molecule has 0 saturated carbocycles. The van der Waals surface area contributed by atoms with Gasteiger partial charge in [0.25, 0.3) is 0 Å². The molecule has 1 atom stereocenters. The van der Waals surface area contributed by atoms with Crippen molar-refractivity contribution in [1.82, 2.24) is 0 Å². The molecular formula is C5H11ClO3. The van der Waals surface area contributed by atoms with Crippen molar-refractivity contribution in [3.8, 4) is 0 Å². The third kappa shape index (κ3) is 4.24. The number of hydrogen-bond acceptors (Lipinski definition) is 3. The van der Waals surface area contributed by atoms with Crippen molar-refractivity contribution < 1.29 is 14.3 Å². The summed E-state index contributed by atoms with van der Waals surface area (Å²) in [5.41, 5.74) is 0. The third-order valence-corrected chi connectivity index (χ3v) is 0.887. The number of halogens is 1. The molecule has 0 aromatic heterocycles. The highest BCUT2D eigenvalue weighted by atomic mass is 35.5. The topological polar surface area (TPSA) is 35.5 Å². The Morgan fingerprint density at radius 3 is 2.00 bits per heavy atom. The second kappa shape index (κ2) is 5.85. The molecule has 0 saturated heterocycles. The van der Waals surface area contributed by atoms with E-state index in [2.05, 4.69) is 9.47 Å². The minimum atomic E-state index is -0.444. The van der Waals surface area contributed by atoms with Gasteiger partial charge in [-0.15, -0.1) is 12.4 Å². The molecule has 9 heavy (non-hydrogen) atoms. The Kier molecular flexibility index (Phi) is 7.48. The van der Waals surface area contributed by atoms with E-state index in [-0.39, 0.29) is 18.4 Å². The van der Waals surface area contributed by atoms with E-state index >= 15 is 0 Å². The van der Waals surface area contributed by atoms with Crippen LogP contribution in [0.15, 0.2) is 0 Å². The number of hydrogen-bond donors (Lipinski definition) is 0. The van der Waals surface area contributed by atoms with Crippen LogP contribution >= 0.6 is 12.4 Å². The molecule has 0 radical (unpaired) electrons. The molecule has 0 aliphatic heterocycles. The Morgan fingerprint density at radius 2 is 1.89 bits per heavy atom. The van der Waals surface area contributed by atoms with Crippen LogP contribution in [-0.2, 0) is 14.3 Å². The third-order valence-electron chi connectivity index (χ3n) is 0.887. The second-order valence-electron chi connectivity index (χ2n) is 1.40. The van der Waals surface area contributed by atoms with Crippen LogP contribution in [0, 0.1) is 0 Å². The van der Waals surface area contributed by atoms with Crippen LogP contribution in [0.3, 0.4) is 0 Å². The van der Waals surface area contributed by atoms with Gasteiger partial charge in [-0.05, 0) is 6.92 Å². The molecule has 0 N–H and O–H groups in total. The predicted octanol–water partition coefficient (Wildman–Crippen LogP) is 0.616. The van der Waals surface area contributed by atoms with E-state index in [0.717, 1.165) is 0 Å². The Morgan fingerprint density at radius 1 is 1.44 bits per heavy atom. The lowest BCUT2D eigenvalue weighted by Gasteiger charge is -2.04. The molecule has 0 spiro atoms. The molecule has 0 aromatic carbocycles. The maximum atomic E-state index is 10.4. The van der Waals surface area contributed by atoms with E-state index in [1.54, 1.807) is 6.92 Å². The number of carbonyl (C=O) groups is 1. The Hall–Kier alpha value is -0.280. The first kappa shape index (κ1) is 11.5. The van der Waals surface area contributed by atoms with Crippen molar-refractivity contribution in [2.75, 3.05) is 14.2 Å². The van der Waals surface area contributed by atoms with Crippen molar-refractivity contribution in [2.24, 2.45) is 0 Å². The summed E-state index contributed by atoms with van der Waals surface area (Å²) in [6.07, 6.45) is -0.444. The molecular weight excluding hydrogens is 144 g/mol. The molecule has 0 aromatic rings. The van der Waals surface area contributed by atoms with Gasteiger partial charge in [0.15, 0.2) is 6.10 Å². The van der Waals surface area contributed by atoms with Gasteiger partial charge in [0.1, 0.15) is 0 Å². The lowest BCUT2D eigenvalue weighted by molar-refractivity contribution is -0.151. The summed E-state index contributed by atoms with van der Waals surface area (Å²) in [5.74, 6) is -0.340. The molecule has 1 unspecified atom stereocenters. The molecule has 56 valence electrons. The first-order chi connectivity index (χ1) is 3.72. The zero-order chi connectivity index (χ0) is 6.57. The van der Waals surface area contributed by atoms with Crippen molar-refractivity contribution in [3.63, 3.8) is 0 Å². The minimum absolute atomic E-state index is 0. The molecule has 0 aliphatic rings.